The fraction of sp³-hybridized carbons (Fsp3) is 0.278. The third-order valence-electron chi connectivity index (χ3n) is 3.27. The zero-order chi connectivity index (χ0) is 20.2. The first-order chi connectivity index (χ1) is 12.6. The Bertz CT molecular complexity index is 912. The molecule has 0 aliphatic rings. The van der Waals surface area contributed by atoms with Gasteiger partial charge in [-0.1, -0.05) is 35.0 Å². The normalized spacial score (nSPS) is 13.0. The van der Waals surface area contributed by atoms with Gasteiger partial charge in [0.25, 0.3) is 0 Å². The average molecular weight is 445 g/mol. The number of aromatic nitrogens is 1. The Morgan fingerprint density at radius 2 is 1.93 bits per heavy atom. The highest BCUT2D eigenvalue weighted by Crippen LogP contribution is 2.39. The molecule has 0 N–H and O–H groups in total. The number of hydrogen-bond acceptors (Lipinski definition) is 5. The van der Waals surface area contributed by atoms with Gasteiger partial charge in [-0.2, -0.15) is 4.40 Å². The molecule has 1 heterocycles. The lowest BCUT2D eigenvalue weighted by molar-refractivity contribution is 0.0596. The maximum Gasteiger partial charge on any atom is 0.340 e. The van der Waals surface area contributed by atoms with Gasteiger partial charge in [-0.25, -0.2) is 14.0 Å². The van der Waals surface area contributed by atoms with Crippen LogP contribution in [0, 0.1) is 0 Å². The van der Waals surface area contributed by atoms with Gasteiger partial charge in [0.15, 0.2) is 0 Å². The van der Waals surface area contributed by atoms with Crippen molar-refractivity contribution in [3.8, 4) is 0 Å². The van der Waals surface area contributed by atoms with Crippen LogP contribution in [0.25, 0.3) is 0 Å². The molecule has 1 aromatic heterocycles. The van der Waals surface area contributed by atoms with Gasteiger partial charge in [0.2, 0.25) is 0 Å². The fourth-order valence-electron chi connectivity index (χ4n) is 1.87. The third kappa shape index (κ3) is 5.54. The van der Waals surface area contributed by atoms with E-state index in [0.717, 1.165) is 0 Å². The minimum atomic E-state index is -1.45. The molecule has 1 aromatic carbocycles. The van der Waals surface area contributed by atoms with E-state index in [1.54, 1.807) is 30.5 Å². The summed E-state index contributed by atoms with van der Waals surface area (Å²) in [6.45, 7) is 5.48. The first-order valence-corrected chi connectivity index (χ1v) is 10.5. The molecule has 0 amide bonds. The SMILES string of the molecule is COC(=O)c1cccnc1Sc1c(Cl)ccc(Cl)c1C=NS(=O)C(C)(C)C. The zero-order valence-corrected chi connectivity index (χ0v) is 18.3. The Hall–Kier alpha value is -1.41. The van der Waals surface area contributed by atoms with Crippen LogP contribution >= 0.6 is 35.0 Å². The summed E-state index contributed by atoms with van der Waals surface area (Å²) >= 11 is 13.8. The maximum atomic E-state index is 12.2. The van der Waals surface area contributed by atoms with Gasteiger partial charge in [0, 0.05) is 22.9 Å². The number of esters is 1. The molecule has 2 rings (SSSR count). The smallest absolute Gasteiger partial charge is 0.340 e. The second-order valence-electron chi connectivity index (χ2n) is 6.32. The molecule has 0 saturated carbocycles. The van der Waals surface area contributed by atoms with Crippen LogP contribution < -0.4 is 0 Å². The summed E-state index contributed by atoms with van der Waals surface area (Å²) in [5.74, 6) is -0.507. The molecule has 9 heteroatoms. The van der Waals surface area contributed by atoms with Crippen molar-refractivity contribution in [2.24, 2.45) is 4.40 Å². The van der Waals surface area contributed by atoms with Gasteiger partial charge in [0.05, 0.1) is 27.5 Å². The molecule has 5 nitrogen and oxygen atoms in total. The second kappa shape index (κ2) is 9.19. The zero-order valence-electron chi connectivity index (χ0n) is 15.2. The minimum Gasteiger partial charge on any atom is -0.465 e. The van der Waals surface area contributed by atoms with Gasteiger partial charge in [0.1, 0.15) is 16.0 Å². The number of carbonyl (C=O) groups is 1. The van der Waals surface area contributed by atoms with Crippen molar-refractivity contribution in [1.29, 1.82) is 0 Å². The Morgan fingerprint density at radius 3 is 2.56 bits per heavy atom. The molecule has 0 aliphatic carbocycles. The number of methoxy groups -OCH3 is 1. The van der Waals surface area contributed by atoms with Crippen molar-refractivity contribution in [3.63, 3.8) is 0 Å². The lowest BCUT2D eigenvalue weighted by Gasteiger charge is -2.14. The predicted molar refractivity (Wildman–Crippen MR) is 112 cm³/mol. The van der Waals surface area contributed by atoms with Crippen molar-refractivity contribution < 1.29 is 13.7 Å². The van der Waals surface area contributed by atoms with E-state index in [2.05, 4.69) is 9.38 Å². The van der Waals surface area contributed by atoms with Gasteiger partial charge < -0.3 is 4.74 Å². The molecule has 0 spiro atoms. The molecule has 0 fully saturated rings. The van der Waals surface area contributed by atoms with Crippen LogP contribution in [0.5, 0.6) is 0 Å². The van der Waals surface area contributed by atoms with E-state index in [4.69, 9.17) is 27.9 Å². The fourth-order valence-corrected chi connectivity index (χ4v) is 3.93. The van der Waals surface area contributed by atoms with Gasteiger partial charge in [-0.3, -0.25) is 0 Å². The number of pyridine rings is 1. The van der Waals surface area contributed by atoms with E-state index in [1.807, 2.05) is 20.8 Å². The van der Waals surface area contributed by atoms with E-state index in [-0.39, 0.29) is 0 Å². The van der Waals surface area contributed by atoms with Crippen LogP contribution in [0.3, 0.4) is 0 Å². The summed E-state index contributed by atoms with van der Waals surface area (Å²) in [5, 5.41) is 1.22. The van der Waals surface area contributed by atoms with E-state index in [0.29, 0.717) is 31.1 Å². The maximum absolute atomic E-state index is 12.2. The van der Waals surface area contributed by atoms with Gasteiger partial charge >= 0.3 is 5.97 Å². The Labute approximate surface area is 175 Å². The van der Waals surface area contributed by atoms with E-state index in [9.17, 15) is 9.00 Å². The van der Waals surface area contributed by atoms with Crippen LogP contribution in [0.4, 0.5) is 0 Å². The standard InChI is InChI=1S/C18H18Cl2N2O3S2/c1-18(2,3)27(24)22-10-12-13(19)7-8-14(20)15(12)26-16-11(17(23)25-4)6-5-9-21-16/h5-10H,1-4H3. The second-order valence-corrected chi connectivity index (χ2v) is 10.1. The molecule has 1 atom stereocenters. The Balaban J connectivity index is 2.50. The summed E-state index contributed by atoms with van der Waals surface area (Å²) in [7, 11) is -0.150. The molecule has 1 unspecified atom stereocenters. The monoisotopic (exact) mass is 444 g/mol. The molecule has 2 aromatic rings. The highest BCUT2D eigenvalue weighted by atomic mass is 35.5. The van der Waals surface area contributed by atoms with E-state index < -0.39 is 21.7 Å². The topological polar surface area (TPSA) is 68.6 Å². The van der Waals surface area contributed by atoms with Crippen LogP contribution in [-0.4, -0.2) is 33.2 Å². The molecular formula is C18H18Cl2N2O3S2. The highest BCUT2D eigenvalue weighted by molar-refractivity contribution is 7.99. The number of ether oxygens (including phenoxy) is 1. The quantitative estimate of drug-likeness (QED) is 0.467. The first kappa shape index (κ1) is 21.9. The van der Waals surface area contributed by atoms with Crippen molar-refractivity contribution in [2.45, 2.75) is 35.4 Å². The molecule has 0 saturated heterocycles. The number of nitrogens with zero attached hydrogens (tertiary/aromatic N) is 2. The van der Waals surface area contributed by atoms with Crippen LogP contribution in [0.15, 0.2) is 44.8 Å². The number of rotatable bonds is 5. The van der Waals surface area contributed by atoms with Crippen LogP contribution in [0.2, 0.25) is 10.0 Å². The van der Waals surface area contributed by atoms with Crippen LogP contribution in [-0.2, 0) is 15.7 Å². The van der Waals surface area contributed by atoms with E-state index >= 15 is 0 Å². The minimum absolute atomic E-state index is 0.308. The van der Waals surface area contributed by atoms with Gasteiger partial charge in [-0.15, -0.1) is 0 Å². The molecule has 0 aliphatic heterocycles. The molecule has 0 bridgehead atoms. The Kier molecular flexibility index (Phi) is 7.45. The first-order valence-electron chi connectivity index (χ1n) is 7.80. The number of halogens is 2. The summed E-state index contributed by atoms with van der Waals surface area (Å²) < 4.78 is 20.7. The Morgan fingerprint density at radius 1 is 1.26 bits per heavy atom. The lowest BCUT2D eigenvalue weighted by Crippen LogP contribution is -2.19. The largest absolute Gasteiger partial charge is 0.465 e. The molecule has 27 heavy (non-hydrogen) atoms. The summed E-state index contributed by atoms with van der Waals surface area (Å²) in [6.07, 6.45) is 3.01. The van der Waals surface area contributed by atoms with E-state index in [1.165, 1.54) is 25.1 Å². The molecule has 0 radical (unpaired) electrons. The summed E-state index contributed by atoms with van der Waals surface area (Å²) in [6, 6.07) is 6.53. The van der Waals surface area contributed by atoms with Crippen molar-refractivity contribution in [1.82, 2.24) is 4.98 Å². The average Bonchev–Trinajstić information content (AvgIpc) is 2.63. The third-order valence-corrected chi connectivity index (χ3v) is 6.54. The number of hydrogen-bond donors (Lipinski definition) is 0. The van der Waals surface area contributed by atoms with Crippen LogP contribution in [0.1, 0.15) is 36.7 Å². The highest BCUT2D eigenvalue weighted by Gasteiger charge is 2.20. The number of benzene rings is 1. The number of carbonyl (C=O) groups excluding carboxylic acids is 1. The summed E-state index contributed by atoms with van der Waals surface area (Å²) in [4.78, 5) is 16.8. The summed E-state index contributed by atoms with van der Waals surface area (Å²) in [5.41, 5.74) is 0.815. The van der Waals surface area contributed by atoms with Crippen molar-refractivity contribution in [2.75, 3.05) is 7.11 Å². The van der Waals surface area contributed by atoms with Crippen molar-refractivity contribution in [3.05, 3.63) is 51.6 Å². The molecular weight excluding hydrogens is 427 g/mol. The lowest BCUT2D eigenvalue weighted by atomic mass is 10.2. The predicted octanol–water partition coefficient (Wildman–Crippen LogP) is 5.21. The van der Waals surface area contributed by atoms with Crippen molar-refractivity contribution >= 4 is 58.1 Å². The van der Waals surface area contributed by atoms with Gasteiger partial charge in [-0.05, 0) is 45.0 Å². The molecule has 144 valence electrons.